The highest BCUT2D eigenvalue weighted by molar-refractivity contribution is 6.04. The first-order chi connectivity index (χ1) is 63.0. The SMILES string of the molecule is c1ccc(-c2cc3ccccc3cc2-c2ccc(N(c3ccccc3)c3ccccc3)cc2)cc1.c1ccc(-c2cc3ccccc3cc2-c2ccc(N(c3ccccc3-c3ccccc3)c3cccc4ccccc34)cc2)cc1.c1ccc(-c2ccc(N(c3ccc(-c4ccccc4)cc3)c3ccc(-c4cc5ccccc5cc4-c4ccccc4)cc3)cc2)cc1. The molecule has 0 N–H and O–H groups in total. The molecule has 0 bridgehead atoms. The van der Waals surface area contributed by atoms with E-state index in [4.69, 9.17) is 0 Å². The molecule has 0 radical (unpaired) electrons. The minimum absolute atomic E-state index is 1.11. The molecule has 0 aliphatic rings. The highest BCUT2D eigenvalue weighted by atomic mass is 15.2. The van der Waals surface area contributed by atoms with E-state index in [9.17, 15) is 0 Å². The van der Waals surface area contributed by atoms with E-state index in [2.05, 4.69) is 555 Å². The molecule has 0 saturated heterocycles. The molecule has 0 unspecified atom stereocenters. The van der Waals surface area contributed by atoms with Crippen molar-refractivity contribution >= 4 is 94.3 Å². The molecule has 22 aromatic rings. The molecule has 0 amide bonds. The van der Waals surface area contributed by atoms with E-state index in [1.54, 1.807) is 0 Å². The Kier molecular flexibility index (Phi) is 22.9. The second-order valence-electron chi connectivity index (χ2n) is 31.9. The predicted molar refractivity (Wildman–Crippen MR) is 542 cm³/mol. The van der Waals surface area contributed by atoms with Crippen LogP contribution in [0.3, 0.4) is 0 Å². The molecule has 0 fully saturated rings. The maximum absolute atomic E-state index is 2.41. The topological polar surface area (TPSA) is 9.72 Å². The standard InChI is InChI=1S/C46H33N.C44H31N.C34H25N/c1-4-12-34(13-5-1)36-20-26-42(27-21-36)47(43-28-22-37(23-29-43)35-14-6-2-7-15-35)44-30-24-39(25-31-44)46-33-41-19-11-10-18-40(41)32-45(46)38-16-8-3-9-17-38;1-3-14-32(15-4-1)39-23-11-12-24-43(39)45(44-25-13-21-33-18-9-10-22-40(33)44)38-28-26-35(27-29-38)42-31-37-20-8-7-19-36(37)30-41(42)34-16-5-2-6-17-34;1-4-12-26(13-5-1)33-24-28-14-10-11-15-29(28)25-34(33)27-20-22-32(23-21-27)35(30-16-6-2-7-17-30)31-18-8-3-9-19-31/h1-33H;1-31H;1-25H. The highest BCUT2D eigenvalue weighted by Gasteiger charge is 2.23. The van der Waals surface area contributed by atoms with Gasteiger partial charge in [0, 0.05) is 50.8 Å². The van der Waals surface area contributed by atoms with E-state index in [0.717, 1.165) is 51.2 Å². The molecule has 600 valence electrons. The lowest BCUT2D eigenvalue weighted by Gasteiger charge is -2.29. The lowest BCUT2D eigenvalue weighted by molar-refractivity contribution is 1.28. The summed E-state index contributed by atoms with van der Waals surface area (Å²) >= 11 is 0. The van der Waals surface area contributed by atoms with E-state index in [-0.39, 0.29) is 0 Å². The Morgan fingerprint density at radius 1 is 0.102 bits per heavy atom. The fourth-order valence-corrected chi connectivity index (χ4v) is 17.6. The number of rotatable bonds is 18. The van der Waals surface area contributed by atoms with Gasteiger partial charge in [0.1, 0.15) is 0 Å². The van der Waals surface area contributed by atoms with Crippen molar-refractivity contribution in [1.29, 1.82) is 0 Å². The van der Waals surface area contributed by atoms with Crippen molar-refractivity contribution in [3.05, 3.63) is 540 Å². The number of hydrogen-bond acceptors (Lipinski definition) is 3. The summed E-state index contributed by atoms with van der Waals surface area (Å²) in [6.07, 6.45) is 0. The monoisotopic (exact) mass is 1620 g/mol. The molecule has 0 aromatic heterocycles. The Hall–Kier alpha value is -16.7. The fraction of sp³-hybridized carbons (Fsp3) is 0. The summed E-state index contributed by atoms with van der Waals surface area (Å²) in [7, 11) is 0. The van der Waals surface area contributed by atoms with Gasteiger partial charge in [0.15, 0.2) is 0 Å². The number of nitrogens with zero attached hydrogens (tertiary/aromatic N) is 3. The summed E-state index contributed by atoms with van der Waals surface area (Å²) in [5.41, 5.74) is 32.1. The van der Waals surface area contributed by atoms with Crippen molar-refractivity contribution in [2.75, 3.05) is 14.7 Å². The largest absolute Gasteiger partial charge is 0.311 e. The zero-order valence-electron chi connectivity index (χ0n) is 70.2. The van der Waals surface area contributed by atoms with E-state index >= 15 is 0 Å². The Bertz CT molecular complexity index is 7340. The van der Waals surface area contributed by atoms with Crippen LogP contribution in [0.25, 0.3) is 143 Å². The van der Waals surface area contributed by atoms with Gasteiger partial charge in [-0.15, -0.1) is 0 Å². The van der Waals surface area contributed by atoms with Crippen LogP contribution in [0.15, 0.2) is 540 Å². The number of para-hydroxylation sites is 3. The second kappa shape index (κ2) is 36.9. The Morgan fingerprint density at radius 3 is 0.598 bits per heavy atom. The predicted octanol–water partition coefficient (Wildman–Crippen LogP) is 35.1. The molecule has 0 saturated carbocycles. The average Bonchev–Trinajstić information content (AvgIpc) is 0.767. The van der Waals surface area contributed by atoms with Gasteiger partial charge >= 0.3 is 0 Å². The Balaban J connectivity index is 0.000000121. The van der Waals surface area contributed by atoms with Crippen molar-refractivity contribution in [1.82, 2.24) is 0 Å². The van der Waals surface area contributed by atoms with Gasteiger partial charge in [0.05, 0.1) is 11.4 Å². The van der Waals surface area contributed by atoms with Crippen LogP contribution in [0.2, 0.25) is 0 Å². The highest BCUT2D eigenvalue weighted by Crippen LogP contribution is 2.48. The van der Waals surface area contributed by atoms with Crippen molar-refractivity contribution in [2.24, 2.45) is 0 Å². The van der Waals surface area contributed by atoms with E-state index in [0.29, 0.717) is 0 Å². The van der Waals surface area contributed by atoms with Crippen LogP contribution in [0.1, 0.15) is 0 Å². The van der Waals surface area contributed by atoms with Gasteiger partial charge in [0.2, 0.25) is 0 Å². The molecule has 22 aromatic carbocycles. The third-order valence-electron chi connectivity index (χ3n) is 24.0. The fourth-order valence-electron chi connectivity index (χ4n) is 17.6. The van der Waals surface area contributed by atoms with Crippen LogP contribution in [-0.4, -0.2) is 0 Å². The molecular weight excluding hydrogens is 1530 g/mol. The third kappa shape index (κ3) is 17.2. The van der Waals surface area contributed by atoms with Crippen LogP contribution in [0.4, 0.5) is 51.2 Å². The van der Waals surface area contributed by atoms with E-state index in [1.165, 1.54) is 143 Å². The van der Waals surface area contributed by atoms with Crippen molar-refractivity contribution in [2.45, 2.75) is 0 Å². The zero-order chi connectivity index (χ0) is 84.9. The van der Waals surface area contributed by atoms with Gasteiger partial charge in [-0.1, -0.05) is 406 Å². The summed E-state index contributed by atoms with van der Waals surface area (Å²) in [5, 5.41) is 9.92. The van der Waals surface area contributed by atoms with E-state index < -0.39 is 0 Å². The Labute approximate surface area is 743 Å². The summed E-state index contributed by atoms with van der Waals surface area (Å²) in [4.78, 5) is 7.04. The zero-order valence-corrected chi connectivity index (χ0v) is 70.2. The third-order valence-corrected chi connectivity index (χ3v) is 24.0. The van der Waals surface area contributed by atoms with Gasteiger partial charge < -0.3 is 14.7 Å². The summed E-state index contributed by atoms with van der Waals surface area (Å²) < 4.78 is 0. The minimum atomic E-state index is 1.11. The number of hydrogen-bond donors (Lipinski definition) is 0. The maximum Gasteiger partial charge on any atom is 0.0540 e. The first-order valence-electron chi connectivity index (χ1n) is 43.5. The van der Waals surface area contributed by atoms with Gasteiger partial charge in [0.25, 0.3) is 0 Å². The molecule has 3 nitrogen and oxygen atoms in total. The summed E-state index contributed by atoms with van der Waals surface area (Å²) in [6, 6.07) is 193. The lowest BCUT2D eigenvalue weighted by atomic mass is 9.91. The molecule has 0 aliphatic heterocycles. The first-order valence-corrected chi connectivity index (χ1v) is 43.5. The van der Waals surface area contributed by atoms with Gasteiger partial charge in [-0.3, -0.25) is 0 Å². The van der Waals surface area contributed by atoms with Crippen molar-refractivity contribution < 1.29 is 0 Å². The van der Waals surface area contributed by atoms with Gasteiger partial charge in [-0.2, -0.15) is 0 Å². The number of benzene rings is 22. The molecule has 127 heavy (non-hydrogen) atoms. The molecular formula is C124H89N3. The lowest BCUT2D eigenvalue weighted by Crippen LogP contribution is -2.11. The van der Waals surface area contributed by atoms with Crippen LogP contribution >= 0.6 is 0 Å². The number of anilines is 9. The second-order valence-corrected chi connectivity index (χ2v) is 31.9. The number of fused-ring (bicyclic) bond motifs is 4. The molecule has 22 rings (SSSR count). The Morgan fingerprint density at radius 2 is 0.291 bits per heavy atom. The van der Waals surface area contributed by atoms with Crippen molar-refractivity contribution in [3.63, 3.8) is 0 Å². The average molecular weight is 1620 g/mol. The minimum Gasteiger partial charge on any atom is -0.311 e. The van der Waals surface area contributed by atoms with Crippen LogP contribution < -0.4 is 14.7 Å². The van der Waals surface area contributed by atoms with Crippen LogP contribution in [-0.2, 0) is 0 Å². The molecule has 0 heterocycles. The van der Waals surface area contributed by atoms with Crippen molar-refractivity contribution in [3.8, 4) is 100 Å². The quantitative estimate of drug-likeness (QED) is 0.0848. The van der Waals surface area contributed by atoms with E-state index in [1.807, 2.05) is 0 Å². The molecule has 3 heteroatoms. The molecule has 0 atom stereocenters. The van der Waals surface area contributed by atoms with Gasteiger partial charge in [-0.25, -0.2) is 0 Å². The van der Waals surface area contributed by atoms with Crippen LogP contribution in [0.5, 0.6) is 0 Å². The van der Waals surface area contributed by atoms with Gasteiger partial charge in [-0.05, 0) is 266 Å². The molecule has 0 aliphatic carbocycles. The summed E-state index contributed by atoms with van der Waals surface area (Å²) in [6.45, 7) is 0. The first kappa shape index (κ1) is 78.8. The smallest absolute Gasteiger partial charge is 0.0540 e. The summed E-state index contributed by atoms with van der Waals surface area (Å²) in [5.74, 6) is 0. The van der Waals surface area contributed by atoms with Crippen LogP contribution in [0, 0.1) is 0 Å². The maximum atomic E-state index is 2.41. The normalized spacial score (nSPS) is 11.0. The molecule has 0 spiro atoms.